The zero-order chi connectivity index (χ0) is 20.1. The Labute approximate surface area is 168 Å². The van der Waals surface area contributed by atoms with Gasteiger partial charge in [0.15, 0.2) is 0 Å². The van der Waals surface area contributed by atoms with Crippen LogP contribution in [0.3, 0.4) is 0 Å². The molecule has 0 radical (unpaired) electrons. The number of aliphatic hydroxyl groups is 1. The molecule has 2 aromatic rings. The number of ether oxygens (including phenoxy) is 2. The van der Waals surface area contributed by atoms with Gasteiger partial charge in [0.25, 0.3) is 0 Å². The standard InChI is InChI=1S/C23H32N2O3/c1-5-27-21-8-6-7-18(13-21)15-25-11-12-28-22-10-9-20(14-19(22)16-25)23(2,26)17-24(3)4/h6-10,13-14,26H,5,11-12,15-17H2,1-4H3. The summed E-state index contributed by atoms with van der Waals surface area (Å²) in [5.41, 5.74) is 2.37. The van der Waals surface area contributed by atoms with Crippen molar-refractivity contribution >= 4 is 0 Å². The lowest BCUT2D eigenvalue weighted by atomic mass is 9.93. The Morgan fingerprint density at radius 1 is 1.21 bits per heavy atom. The van der Waals surface area contributed by atoms with Gasteiger partial charge in [-0.1, -0.05) is 18.2 Å². The van der Waals surface area contributed by atoms with Crippen LogP contribution in [0.5, 0.6) is 11.5 Å². The summed E-state index contributed by atoms with van der Waals surface area (Å²) in [6, 6.07) is 14.3. The summed E-state index contributed by atoms with van der Waals surface area (Å²) in [5, 5.41) is 10.9. The van der Waals surface area contributed by atoms with Crippen LogP contribution >= 0.6 is 0 Å². The van der Waals surface area contributed by atoms with Crippen molar-refractivity contribution in [3.8, 4) is 11.5 Å². The van der Waals surface area contributed by atoms with E-state index in [1.165, 1.54) is 5.56 Å². The van der Waals surface area contributed by atoms with Crippen molar-refractivity contribution in [1.82, 2.24) is 9.80 Å². The van der Waals surface area contributed by atoms with E-state index in [0.717, 1.165) is 42.3 Å². The monoisotopic (exact) mass is 384 g/mol. The van der Waals surface area contributed by atoms with Crippen molar-refractivity contribution in [3.63, 3.8) is 0 Å². The largest absolute Gasteiger partial charge is 0.494 e. The minimum absolute atomic E-state index is 0.570. The van der Waals surface area contributed by atoms with Crippen LogP contribution < -0.4 is 9.47 Å². The van der Waals surface area contributed by atoms with Gasteiger partial charge in [0, 0.05) is 31.7 Å². The van der Waals surface area contributed by atoms with Gasteiger partial charge in [0.1, 0.15) is 18.1 Å². The fraction of sp³-hybridized carbons (Fsp3) is 0.478. The Morgan fingerprint density at radius 3 is 2.79 bits per heavy atom. The maximum Gasteiger partial charge on any atom is 0.123 e. The molecule has 0 saturated heterocycles. The Balaban J connectivity index is 1.78. The van der Waals surface area contributed by atoms with Gasteiger partial charge in [-0.05, 0) is 63.3 Å². The van der Waals surface area contributed by atoms with E-state index in [-0.39, 0.29) is 0 Å². The van der Waals surface area contributed by atoms with E-state index in [4.69, 9.17) is 9.47 Å². The number of rotatable bonds is 7. The average Bonchev–Trinajstić information content (AvgIpc) is 2.82. The van der Waals surface area contributed by atoms with E-state index in [1.807, 2.05) is 57.1 Å². The lowest BCUT2D eigenvalue weighted by Gasteiger charge is -2.28. The summed E-state index contributed by atoms with van der Waals surface area (Å²) in [5.74, 6) is 1.82. The smallest absolute Gasteiger partial charge is 0.123 e. The molecule has 0 spiro atoms. The molecule has 0 amide bonds. The van der Waals surface area contributed by atoms with E-state index >= 15 is 0 Å². The SMILES string of the molecule is CCOc1cccc(CN2CCOc3ccc(C(C)(O)CN(C)C)cc3C2)c1. The number of hydrogen-bond acceptors (Lipinski definition) is 5. The third-order valence-electron chi connectivity index (χ3n) is 4.98. The second-order valence-electron chi connectivity index (χ2n) is 7.97. The van der Waals surface area contributed by atoms with Crippen LogP contribution in [0.1, 0.15) is 30.5 Å². The molecule has 1 aliphatic heterocycles. The molecule has 0 saturated carbocycles. The van der Waals surface area contributed by atoms with E-state index in [9.17, 15) is 5.11 Å². The van der Waals surface area contributed by atoms with E-state index in [1.54, 1.807) is 0 Å². The molecule has 28 heavy (non-hydrogen) atoms. The molecule has 5 nitrogen and oxygen atoms in total. The van der Waals surface area contributed by atoms with Crippen LogP contribution in [0.2, 0.25) is 0 Å². The number of benzene rings is 2. The first-order valence-corrected chi connectivity index (χ1v) is 9.95. The molecule has 1 heterocycles. The first kappa shape index (κ1) is 20.6. The highest BCUT2D eigenvalue weighted by atomic mass is 16.5. The summed E-state index contributed by atoms with van der Waals surface area (Å²) in [4.78, 5) is 4.38. The summed E-state index contributed by atoms with van der Waals surface area (Å²) >= 11 is 0. The van der Waals surface area contributed by atoms with Crippen LogP contribution in [-0.2, 0) is 18.7 Å². The van der Waals surface area contributed by atoms with Crippen molar-refractivity contribution in [2.75, 3.05) is 40.4 Å². The zero-order valence-electron chi connectivity index (χ0n) is 17.4. The highest BCUT2D eigenvalue weighted by Crippen LogP contribution is 2.30. The quantitative estimate of drug-likeness (QED) is 0.794. The lowest BCUT2D eigenvalue weighted by Crippen LogP contribution is -2.34. The van der Waals surface area contributed by atoms with Crippen LogP contribution in [0.15, 0.2) is 42.5 Å². The van der Waals surface area contributed by atoms with Gasteiger partial charge in [-0.25, -0.2) is 0 Å². The molecule has 1 N–H and O–H groups in total. The van der Waals surface area contributed by atoms with Gasteiger partial charge in [-0.15, -0.1) is 0 Å². The number of nitrogens with zero attached hydrogens (tertiary/aromatic N) is 2. The second kappa shape index (κ2) is 8.95. The van der Waals surface area contributed by atoms with Gasteiger partial charge in [0.2, 0.25) is 0 Å². The molecule has 2 aromatic carbocycles. The van der Waals surface area contributed by atoms with Crippen LogP contribution in [0.4, 0.5) is 0 Å². The summed E-state index contributed by atoms with van der Waals surface area (Å²) in [6.45, 7) is 8.25. The molecule has 0 fully saturated rings. The normalized spacial score (nSPS) is 16.8. The Morgan fingerprint density at radius 2 is 2.04 bits per heavy atom. The molecule has 0 aromatic heterocycles. The lowest BCUT2D eigenvalue weighted by molar-refractivity contribution is 0.0299. The minimum atomic E-state index is -0.901. The molecule has 3 rings (SSSR count). The first-order valence-electron chi connectivity index (χ1n) is 9.95. The van der Waals surface area contributed by atoms with Crippen molar-refractivity contribution in [2.45, 2.75) is 32.5 Å². The molecule has 1 aliphatic rings. The van der Waals surface area contributed by atoms with Crippen molar-refractivity contribution in [3.05, 3.63) is 59.2 Å². The number of likely N-dealkylation sites (N-methyl/N-ethyl adjacent to an activating group) is 1. The van der Waals surface area contributed by atoms with Crippen LogP contribution in [0.25, 0.3) is 0 Å². The van der Waals surface area contributed by atoms with Crippen molar-refractivity contribution in [1.29, 1.82) is 0 Å². The summed E-state index contributed by atoms with van der Waals surface area (Å²) in [7, 11) is 3.94. The second-order valence-corrected chi connectivity index (χ2v) is 7.97. The predicted octanol–water partition coefficient (Wildman–Crippen LogP) is 3.25. The fourth-order valence-electron chi connectivity index (χ4n) is 3.78. The summed E-state index contributed by atoms with van der Waals surface area (Å²) in [6.07, 6.45) is 0. The third-order valence-corrected chi connectivity index (χ3v) is 4.98. The zero-order valence-corrected chi connectivity index (χ0v) is 17.4. The highest BCUT2D eigenvalue weighted by molar-refractivity contribution is 5.40. The fourth-order valence-corrected chi connectivity index (χ4v) is 3.78. The van der Waals surface area contributed by atoms with Gasteiger partial charge >= 0.3 is 0 Å². The van der Waals surface area contributed by atoms with Crippen LogP contribution in [-0.4, -0.2) is 55.3 Å². The number of hydrogen-bond donors (Lipinski definition) is 1. The van der Waals surface area contributed by atoms with E-state index in [0.29, 0.717) is 19.8 Å². The molecule has 152 valence electrons. The van der Waals surface area contributed by atoms with Gasteiger partial charge in [0.05, 0.1) is 12.2 Å². The Kier molecular flexibility index (Phi) is 6.60. The molecular formula is C23H32N2O3. The number of fused-ring (bicyclic) bond motifs is 1. The molecular weight excluding hydrogens is 352 g/mol. The maximum atomic E-state index is 10.9. The van der Waals surface area contributed by atoms with Gasteiger partial charge < -0.3 is 19.5 Å². The van der Waals surface area contributed by atoms with Crippen molar-refractivity contribution in [2.24, 2.45) is 0 Å². The predicted molar refractivity (Wildman–Crippen MR) is 112 cm³/mol. The molecule has 1 unspecified atom stereocenters. The maximum absolute atomic E-state index is 10.9. The highest BCUT2D eigenvalue weighted by Gasteiger charge is 2.26. The minimum Gasteiger partial charge on any atom is -0.494 e. The van der Waals surface area contributed by atoms with Crippen molar-refractivity contribution < 1.29 is 14.6 Å². The molecule has 1 atom stereocenters. The van der Waals surface area contributed by atoms with Crippen LogP contribution in [0, 0.1) is 0 Å². The van der Waals surface area contributed by atoms with E-state index < -0.39 is 5.60 Å². The Bertz CT molecular complexity index is 789. The topological polar surface area (TPSA) is 45.2 Å². The summed E-state index contributed by atoms with van der Waals surface area (Å²) < 4.78 is 11.6. The average molecular weight is 385 g/mol. The Hall–Kier alpha value is -2.08. The van der Waals surface area contributed by atoms with E-state index in [2.05, 4.69) is 23.1 Å². The first-order chi connectivity index (χ1) is 13.4. The molecule has 0 bridgehead atoms. The molecule has 0 aliphatic carbocycles. The third kappa shape index (κ3) is 5.25. The molecule has 5 heteroatoms. The van der Waals surface area contributed by atoms with Gasteiger partial charge in [-0.3, -0.25) is 4.90 Å². The van der Waals surface area contributed by atoms with Gasteiger partial charge in [-0.2, -0.15) is 0 Å².